The molecule has 0 bridgehead atoms. The number of rotatable bonds is 6. The van der Waals surface area contributed by atoms with E-state index in [0.717, 1.165) is 34.6 Å². The number of primary amides is 1. The van der Waals surface area contributed by atoms with Crippen LogP contribution in [0.15, 0.2) is 24.3 Å². The van der Waals surface area contributed by atoms with E-state index in [1.807, 2.05) is 0 Å². The highest BCUT2D eigenvalue weighted by atomic mass is 32.1. The van der Waals surface area contributed by atoms with Crippen LogP contribution < -0.4 is 16.4 Å². The summed E-state index contributed by atoms with van der Waals surface area (Å²) in [7, 11) is 0. The van der Waals surface area contributed by atoms with Gasteiger partial charge in [0, 0.05) is 4.88 Å². The number of fused-ring (bicyclic) bond motifs is 1. The summed E-state index contributed by atoms with van der Waals surface area (Å²) in [6.07, 6.45) is 2.70. The number of carbonyl (C=O) groups is 4. The summed E-state index contributed by atoms with van der Waals surface area (Å²) in [6, 6.07) is 4.58. The average molecular weight is 444 g/mol. The van der Waals surface area contributed by atoms with E-state index >= 15 is 0 Å². The second-order valence-electron chi connectivity index (χ2n) is 7.56. The minimum absolute atomic E-state index is 0.227. The van der Waals surface area contributed by atoms with Crippen LogP contribution in [0, 0.1) is 5.82 Å². The van der Waals surface area contributed by atoms with E-state index in [0.29, 0.717) is 16.1 Å². The maximum atomic E-state index is 13.3. The van der Waals surface area contributed by atoms with Crippen LogP contribution >= 0.6 is 11.3 Å². The molecule has 1 aliphatic carbocycles. The van der Waals surface area contributed by atoms with Crippen molar-refractivity contribution >= 4 is 40.1 Å². The molecule has 4 rings (SSSR count). The quantitative estimate of drug-likeness (QED) is 0.592. The Morgan fingerprint density at radius 1 is 1.26 bits per heavy atom. The Morgan fingerprint density at radius 3 is 2.61 bits per heavy atom. The van der Waals surface area contributed by atoms with Crippen molar-refractivity contribution in [3.05, 3.63) is 51.7 Å². The maximum Gasteiger partial charge on any atom is 0.325 e. The molecule has 2 aliphatic rings. The number of hydrogen-bond acceptors (Lipinski definition) is 5. The number of aryl methyl sites for hydroxylation is 1. The lowest BCUT2D eigenvalue weighted by molar-refractivity contribution is -0.134. The zero-order valence-electron chi connectivity index (χ0n) is 16.8. The molecule has 1 aromatic heterocycles. The highest BCUT2D eigenvalue weighted by Gasteiger charge is 2.51. The van der Waals surface area contributed by atoms with Gasteiger partial charge in [0.05, 0.1) is 5.56 Å². The number of imide groups is 1. The van der Waals surface area contributed by atoms with E-state index in [4.69, 9.17) is 5.73 Å². The Balaban J connectivity index is 1.54. The van der Waals surface area contributed by atoms with Gasteiger partial charge in [-0.3, -0.25) is 19.3 Å². The Morgan fingerprint density at radius 2 is 1.97 bits per heavy atom. The number of urea groups is 1. The molecule has 1 unspecified atom stereocenters. The van der Waals surface area contributed by atoms with Gasteiger partial charge < -0.3 is 16.4 Å². The topological polar surface area (TPSA) is 122 Å². The van der Waals surface area contributed by atoms with Crippen molar-refractivity contribution < 1.29 is 23.6 Å². The SMILES string of the molecule is CCC1(c2ccc(F)cc2)NC(=O)N(CC(=O)Nc2sc3c(c2C(N)=O)CCC3)C1=O. The number of nitrogens with two attached hydrogens (primary N) is 1. The van der Waals surface area contributed by atoms with E-state index < -0.39 is 41.7 Å². The third-order valence-corrected chi connectivity index (χ3v) is 6.97. The van der Waals surface area contributed by atoms with Crippen LogP contribution in [0.4, 0.5) is 14.2 Å². The zero-order chi connectivity index (χ0) is 22.3. The van der Waals surface area contributed by atoms with Crippen LogP contribution in [0.1, 0.15) is 46.1 Å². The summed E-state index contributed by atoms with van der Waals surface area (Å²) in [6.45, 7) is 1.20. The van der Waals surface area contributed by atoms with E-state index in [2.05, 4.69) is 10.6 Å². The predicted molar refractivity (Wildman–Crippen MR) is 112 cm³/mol. The first-order valence-corrected chi connectivity index (χ1v) is 10.7. The van der Waals surface area contributed by atoms with E-state index in [1.165, 1.54) is 35.6 Å². The molecule has 5 amide bonds. The fourth-order valence-electron chi connectivity index (χ4n) is 4.21. The molecule has 1 atom stereocenters. The van der Waals surface area contributed by atoms with Gasteiger partial charge in [0.1, 0.15) is 22.9 Å². The molecule has 162 valence electrons. The molecule has 0 radical (unpaired) electrons. The largest absolute Gasteiger partial charge is 0.365 e. The molecular weight excluding hydrogens is 423 g/mol. The highest BCUT2D eigenvalue weighted by Crippen LogP contribution is 2.39. The Hall–Kier alpha value is -3.27. The average Bonchev–Trinajstić information content (AvgIpc) is 3.36. The summed E-state index contributed by atoms with van der Waals surface area (Å²) < 4.78 is 13.3. The first-order chi connectivity index (χ1) is 14.8. The second kappa shape index (κ2) is 7.77. The van der Waals surface area contributed by atoms with Crippen molar-refractivity contribution in [3.63, 3.8) is 0 Å². The summed E-state index contributed by atoms with van der Waals surface area (Å²) in [4.78, 5) is 52.1. The number of anilines is 1. The van der Waals surface area contributed by atoms with E-state index in [-0.39, 0.29) is 6.42 Å². The summed E-state index contributed by atoms with van der Waals surface area (Å²) >= 11 is 1.29. The first-order valence-electron chi connectivity index (χ1n) is 9.91. The third kappa shape index (κ3) is 3.46. The molecule has 10 heteroatoms. The summed E-state index contributed by atoms with van der Waals surface area (Å²) in [5.74, 6) is -2.29. The summed E-state index contributed by atoms with van der Waals surface area (Å²) in [5.41, 5.74) is 5.74. The van der Waals surface area contributed by atoms with Gasteiger partial charge >= 0.3 is 6.03 Å². The smallest absolute Gasteiger partial charge is 0.325 e. The minimum atomic E-state index is -1.37. The van der Waals surface area contributed by atoms with Gasteiger partial charge in [0.15, 0.2) is 0 Å². The molecule has 0 saturated carbocycles. The second-order valence-corrected chi connectivity index (χ2v) is 8.67. The number of hydrogen-bond donors (Lipinski definition) is 3. The molecule has 1 fully saturated rings. The molecule has 0 spiro atoms. The maximum absolute atomic E-state index is 13.3. The van der Waals surface area contributed by atoms with Crippen LogP contribution in [0.25, 0.3) is 0 Å². The zero-order valence-corrected chi connectivity index (χ0v) is 17.6. The molecule has 1 saturated heterocycles. The van der Waals surface area contributed by atoms with Gasteiger partial charge in [0.2, 0.25) is 5.91 Å². The number of halogens is 1. The third-order valence-electron chi connectivity index (χ3n) is 5.77. The molecule has 31 heavy (non-hydrogen) atoms. The number of carbonyl (C=O) groups excluding carboxylic acids is 4. The van der Waals surface area contributed by atoms with E-state index in [1.54, 1.807) is 6.92 Å². The number of amides is 5. The van der Waals surface area contributed by atoms with Gasteiger partial charge in [-0.1, -0.05) is 19.1 Å². The first kappa shape index (κ1) is 21.0. The minimum Gasteiger partial charge on any atom is -0.365 e. The van der Waals surface area contributed by atoms with Gasteiger partial charge in [-0.05, 0) is 48.9 Å². The Labute approximate surface area is 181 Å². The van der Waals surface area contributed by atoms with Crippen LogP contribution in [0.2, 0.25) is 0 Å². The van der Waals surface area contributed by atoms with Crippen molar-refractivity contribution in [1.29, 1.82) is 0 Å². The summed E-state index contributed by atoms with van der Waals surface area (Å²) in [5, 5.41) is 5.63. The molecule has 4 N–H and O–H groups in total. The van der Waals surface area contributed by atoms with E-state index in [9.17, 15) is 23.6 Å². The lowest BCUT2D eigenvalue weighted by Crippen LogP contribution is -2.44. The molecule has 2 aromatic rings. The molecular formula is C21H21FN4O4S. The van der Waals surface area contributed by atoms with Crippen LogP contribution in [0.3, 0.4) is 0 Å². The molecule has 1 aromatic carbocycles. The molecule has 1 aliphatic heterocycles. The van der Waals surface area contributed by atoms with Crippen molar-refractivity contribution in [1.82, 2.24) is 10.2 Å². The normalized spacial score (nSPS) is 20.0. The number of nitrogens with zero attached hydrogens (tertiary/aromatic N) is 1. The van der Waals surface area contributed by atoms with Crippen LogP contribution in [0.5, 0.6) is 0 Å². The fraction of sp³-hybridized carbons (Fsp3) is 0.333. The van der Waals surface area contributed by atoms with Crippen molar-refractivity contribution in [2.24, 2.45) is 5.73 Å². The fourth-order valence-corrected chi connectivity index (χ4v) is 5.52. The van der Waals surface area contributed by atoms with Gasteiger partial charge in [-0.2, -0.15) is 0 Å². The van der Waals surface area contributed by atoms with Crippen LogP contribution in [-0.4, -0.2) is 35.2 Å². The standard InChI is InChI=1S/C21H21FN4O4S/c1-2-21(11-6-8-12(22)9-7-11)19(29)26(20(30)25-21)10-15(27)24-18-16(17(23)28)13-4-3-5-14(13)31-18/h6-9H,2-5,10H2,1H3,(H2,23,28)(H,24,27)(H,25,30). The Bertz CT molecular complexity index is 1100. The Kier molecular flexibility index (Phi) is 5.26. The highest BCUT2D eigenvalue weighted by molar-refractivity contribution is 7.17. The van der Waals surface area contributed by atoms with Crippen molar-refractivity contribution in [2.75, 3.05) is 11.9 Å². The lowest BCUT2D eigenvalue weighted by atomic mass is 9.87. The van der Waals surface area contributed by atoms with Crippen molar-refractivity contribution in [2.45, 2.75) is 38.1 Å². The lowest BCUT2D eigenvalue weighted by Gasteiger charge is -2.25. The van der Waals surface area contributed by atoms with Gasteiger partial charge in [-0.15, -0.1) is 11.3 Å². The molecule has 2 heterocycles. The van der Waals surface area contributed by atoms with Crippen LogP contribution in [-0.2, 0) is 28.0 Å². The number of nitrogens with one attached hydrogen (secondary N) is 2. The monoisotopic (exact) mass is 444 g/mol. The number of benzene rings is 1. The predicted octanol–water partition coefficient (Wildman–Crippen LogP) is 2.27. The van der Waals surface area contributed by atoms with Gasteiger partial charge in [-0.25, -0.2) is 9.18 Å². The number of thiophene rings is 1. The van der Waals surface area contributed by atoms with Gasteiger partial charge in [0.25, 0.3) is 11.8 Å². The molecule has 8 nitrogen and oxygen atoms in total. The van der Waals surface area contributed by atoms with Crippen molar-refractivity contribution in [3.8, 4) is 0 Å².